The fourth-order valence-electron chi connectivity index (χ4n) is 2.28. The minimum absolute atomic E-state index is 0.133. The molecule has 0 aromatic heterocycles. The lowest BCUT2D eigenvalue weighted by Crippen LogP contribution is -2.06. The molecule has 1 aromatic rings. The standard InChI is InChI=1S/C12H13BrF2O/c13-10-3-4-11(14)9(12(10)15)6-7-1-2-8(16)5-7/h3-4,7-8,16H,1-2,5-6H2. The first kappa shape index (κ1) is 12.0. The Balaban J connectivity index is 2.18. The molecule has 1 saturated carbocycles. The molecule has 1 N–H and O–H groups in total. The van der Waals surface area contributed by atoms with Gasteiger partial charge >= 0.3 is 0 Å². The summed E-state index contributed by atoms with van der Waals surface area (Å²) in [7, 11) is 0. The number of hydrogen-bond donors (Lipinski definition) is 1. The van der Waals surface area contributed by atoms with Crippen LogP contribution in [0.5, 0.6) is 0 Å². The van der Waals surface area contributed by atoms with Crippen LogP contribution in [0.4, 0.5) is 8.78 Å². The lowest BCUT2D eigenvalue weighted by atomic mass is 9.97. The minimum Gasteiger partial charge on any atom is -0.393 e. The van der Waals surface area contributed by atoms with Gasteiger partial charge in [0.15, 0.2) is 0 Å². The maximum atomic E-state index is 13.7. The van der Waals surface area contributed by atoms with Crippen molar-refractivity contribution in [2.24, 2.45) is 5.92 Å². The molecular formula is C12H13BrF2O. The maximum absolute atomic E-state index is 13.7. The van der Waals surface area contributed by atoms with E-state index in [1.807, 2.05) is 0 Å². The van der Waals surface area contributed by atoms with Crippen molar-refractivity contribution in [2.45, 2.75) is 31.8 Å². The van der Waals surface area contributed by atoms with E-state index in [0.717, 1.165) is 12.8 Å². The third-order valence-electron chi connectivity index (χ3n) is 3.15. The highest BCUT2D eigenvalue weighted by Crippen LogP contribution is 2.31. The van der Waals surface area contributed by atoms with E-state index < -0.39 is 11.6 Å². The number of halogens is 3. The van der Waals surface area contributed by atoms with E-state index in [1.54, 1.807) is 0 Å². The van der Waals surface area contributed by atoms with Crippen LogP contribution < -0.4 is 0 Å². The van der Waals surface area contributed by atoms with Gasteiger partial charge in [0.2, 0.25) is 0 Å². The molecule has 0 aliphatic heterocycles. The Morgan fingerprint density at radius 1 is 1.31 bits per heavy atom. The molecule has 2 atom stereocenters. The van der Waals surface area contributed by atoms with Crippen molar-refractivity contribution < 1.29 is 13.9 Å². The van der Waals surface area contributed by atoms with E-state index >= 15 is 0 Å². The molecule has 2 rings (SSSR count). The second-order valence-corrected chi connectivity index (χ2v) is 5.21. The molecule has 1 aliphatic rings. The van der Waals surface area contributed by atoms with E-state index in [-0.39, 0.29) is 17.6 Å². The zero-order valence-electron chi connectivity index (χ0n) is 8.72. The Morgan fingerprint density at radius 2 is 2.06 bits per heavy atom. The normalized spacial score (nSPS) is 25.0. The molecule has 4 heteroatoms. The Morgan fingerprint density at radius 3 is 2.69 bits per heavy atom. The highest BCUT2D eigenvalue weighted by molar-refractivity contribution is 9.10. The van der Waals surface area contributed by atoms with Gasteiger partial charge < -0.3 is 5.11 Å². The summed E-state index contributed by atoms with van der Waals surface area (Å²) in [5.74, 6) is -0.822. The lowest BCUT2D eigenvalue weighted by Gasteiger charge is -2.11. The molecular weight excluding hydrogens is 278 g/mol. The summed E-state index contributed by atoms with van der Waals surface area (Å²) >= 11 is 3.05. The summed E-state index contributed by atoms with van der Waals surface area (Å²) in [5.41, 5.74) is 0.133. The number of aliphatic hydroxyl groups is 1. The molecule has 16 heavy (non-hydrogen) atoms. The predicted octanol–water partition coefficient (Wildman–Crippen LogP) is 3.43. The lowest BCUT2D eigenvalue weighted by molar-refractivity contribution is 0.177. The van der Waals surface area contributed by atoms with Gasteiger partial charge in [-0.25, -0.2) is 8.78 Å². The number of rotatable bonds is 2. The highest BCUT2D eigenvalue weighted by Gasteiger charge is 2.25. The molecule has 1 fully saturated rings. The van der Waals surface area contributed by atoms with E-state index in [9.17, 15) is 13.9 Å². The monoisotopic (exact) mass is 290 g/mol. The average Bonchev–Trinajstić information content (AvgIpc) is 2.65. The van der Waals surface area contributed by atoms with Crippen molar-refractivity contribution in [2.75, 3.05) is 0 Å². The van der Waals surface area contributed by atoms with Gasteiger partial charge in [0, 0.05) is 5.56 Å². The van der Waals surface area contributed by atoms with Gasteiger partial charge in [-0.1, -0.05) is 0 Å². The number of hydrogen-bond acceptors (Lipinski definition) is 1. The molecule has 88 valence electrons. The third-order valence-corrected chi connectivity index (χ3v) is 3.76. The first-order chi connectivity index (χ1) is 7.58. The number of aliphatic hydroxyl groups excluding tert-OH is 1. The van der Waals surface area contributed by atoms with Crippen molar-refractivity contribution in [3.8, 4) is 0 Å². The summed E-state index contributed by atoms with van der Waals surface area (Å²) < 4.78 is 27.4. The molecule has 0 heterocycles. The Kier molecular flexibility index (Phi) is 3.60. The van der Waals surface area contributed by atoms with Gasteiger partial charge in [-0.3, -0.25) is 0 Å². The van der Waals surface area contributed by atoms with Crippen LogP contribution in [0.3, 0.4) is 0 Å². The van der Waals surface area contributed by atoms with Gasteiger partial charge in [-0.2, -0.15) is 0 Å². The Labute approximate surface area is 102 Å². The average molecular weight is 291 g/mol. The van der Waals surface area contributed by atoms with Crippen LogP contribution in [0.15, 0.2) is 16.6 Å². The third kappa shape index (κ3) is 2.43. The van der Waals surface area contributed by atoms with Crippen molar-refractivity contribution >= 4 is 15.9 Å². The smallest absolute Gasteiger partial charge is 0.143 e. The Hall–Kier alpha value is -0.480. The molecule has 0 radical (unpaired) electrons. The molecule has 2 unspecified atom stereocenters. The predicted molar refractivity (Wildman–Crippen MR) is 61.1 cm³/mol. The topological polar surface area (TPSA) is 20.2 Å². The van der Waals surface area contributed by atoms with Crippen LogP contribution in [-0.2, 0) is 6.42 Å². The Bertz CT molecular complexity index is 395. The van der Waals surface area contributed by atoms with Crippen LogP contribution >= 0.6 is 15.9 Å². The second kappa shape index (κ2) is 4.80. The SMILES string of the molecule is OC1CCC(Cc2c(F)ccc(Br)c2F)C1. The van der Waals surface area contributed by atoms with Gasteiger partial charge in [-0.05, 0) is 59.7 Å². The second-order valence-electron chi connectivity index (χ2n) is 4.36. The fourth-order valence-corrected chi connectivity index (χ4v) is 2.65. The van der Waals surface area contributed by atoms with Crippen molar-refractivity contribution in [3.05, 3.63) is 33.8 Å². The number of benzene rings is 1. The first-order valence-electron chi connectivity index (χ1n) is 5.38. The summed E-state index contributed by atoms with van der Waals surface area (Å²) in [6, 6.07) is 2.64. The quantitative estimate of drug-likeness (QED) is 0.828. The van der Waals surface area contributed by atoms with E-state index in [4.69, 9.17) is 0 Å². The molecule has 0 saturated heterocycles. The largest absolute Gasteiger partial charge is 0.393 e. The van der Waals surface area contributed by atoms with E-state index in [2.05, 4.69) is 15.9 Å². The molecule has 1 nitrogen and oxygen atoms in total. The molecule has 0 bridgehead atoms. The first-order valence-corrected chi connectivity index (χ1v) is 6.17. The fraction of sp³-hybridized carbons (Fsp3) is 0.500. The zero-order valence-corrected chi connectivity index (χ0v) is 10.3. The minimum atomic E-state index is -0.513. The summed E-state index contributed by atoms with van der Waals surface area (Å²) in [4.78, 5) is 0. The molecule has 1 aliphatic carbocycles. The van der Waals surface area contributed by atoms with Gasteiger partial charge in [0.25, 0.3) is 0 Å². The molecule has 0 amide bonds. The molecule has 1 aromatic carbocycles. The van der Waals surface area contributed by atoms with Gasteiger partial charge in [-0.15, -0.1) is 0 Å². The zero-order chi connectivity index (χ0) is 11.7. The van der Waals surface area contributed by atoms with Crippen LogP contribution in [0, 0.1) is 17.6 Å². The van der Waals surface area contributed by atoms with Gasteiger partial charge in [0.05, 0.1) is 10.6 Å². The summed E-state index contributed by atoms with van der Waals surface area (Å²) in [6.45, 7) is 0. The van der Waals surface area contributed by atoms with E-state index in [1.165, 1.54) is 12.1 Å². The molecule has 0 spiro atoms. The van der Waals surface area contributed by atoms with Crippen molar-refractivity contribution in [3.63, 3.8) is 0 Å². The van der Waals surface area contributed by atoms with E-state index in [0.29, 0.717) is 17.3 Å². The summed E-state index contributed by atoms with van der Waals surface area (Å²) in [6.07, 6.45) is 2.29. The summed E-state index contributed by atoms with van der Waals surface area (Å²) in [5, 5.41) is 9.37. The van der Waals surface area contributed by atoms with Crippen LogP contribution in [0.2, 0.25) is 0 Å². The van der Waals surface area contributed by atoms with Crippen LogP contribution in [0.1, 0.15) is 24.8 Å². The highest BCUT2D eigenvalue weighted by atomic mass is 79.9. The van der Waals surface area contributed by atoms with Crippen LogP contribution in [-0.4, -0.2) is 11.2 Å². The van der Waals surface area contributed by atoms with Crippen LogP contribution in [0.25, 0.3) is 0 Å². The van der Waals surface area contributed by atoms with Crippen molar-refractivity contribution in [1.82, 2.24) is 0 Å². The maximum Gasteiger partial charge on any atom is 0.143 e. The van der Waals surface area contributed by atoms with Gasteiger partial charge in [0.1, 0.15) is 11.6 Å². The van der Waals surface area contributed by atoms with Crippen molar-refractivity contribution in [1.29, 1.82) is 0 Å².